The maximum absolute atomic E-state index is 6.03. The molecular formula is C10H11BrClNO. The normalized spacial score (nSPS) is 21.1. The average Bonchev–Trinajstić information content (AvgIpc) is 2.62. The van der Waals surface area contributed by atoms with Crippen LogP contribution >= 0.6 is 27.5 Å². The molecule has 0 spiro atoms. The van der Waals surface area contributed by atoms with Gasteiger partial charge in [-0.3, -0.25) is 0 Å². The van der Waals surface area contributed by atoms with Crippen LogP contribution in [0.5, 0.6) is 5.75 Å². The van der Waals surface area contributed by atoms with E-state index in [1.54, 1.807) is 0 Å². The minimum atomic E-state index is 0.258. The molecule has 4 heteroatoms. The van der Waals surface area contributed by atoms with Gasteiger partial charge in [-0.2, -0.15) is 0 Å². The van der Waals surface area contributed by atoms with E-state index in [4.69, 9.17) is 16.3 Å². The van der Waals surface area contributed by atoms with Crippen LogP contribution in [0.2, 0.25) is 5.02 Å². The highest BCUT2D eigenvalue weighted by Crippen LogP contribution is 2.29. The van der Waals surface area contributed by atoms with Gasteiger partial charge in [-0.25, -0.2) is 0 Å². The van der Waals surface area contributed by atoms with Gasteiger partial charge >= 0.3 is 0 Å². The molecule has 1 aliphatic heterocycles. The molecule has 76 valence electrons. The molecule has 1 aromatic carbocycles. The highest BCUT2D eigenvalue weighted by molar-refractivity contribution is 9.10. The Morgan fingerprint density at radius 3 is 3.00 bits per heavy atom. The van der Waals surface area contributed by atoms with E-state index < -0.39 is 0 Å². The molecule has 0 saturated carbocycles. The molecule has 0 aromatic heterocycles. The van der Waals surface area contributed by atoms with Crippen LogP contribution in [-0.2, 0) is 0 Å². The van der Waals surface area contributed by atoms with Gasteiger partial charge in [-0.15, -0.1) is 0 Å². The third kappa shape index (κ3) is 2.41. The van der Waals surface area contributed by atoms with Crippen LogP contribution in [0, 0.1) is 0 Å². The zero-order chi connectivity index (χ0) is 9.97. The third-order valence-electron chi connectivity index (χ3n) is 2.20. The van der Waals surface area contributed by atoms with Gasteiger partial charge in [0.2, 0.25) is 0 Å². The third-order valence-corrected chi connectivity index (χ3v) is 2.99. The summed E-state index contributed by atoms with van der Waals surface area (Å²) in [6.07, 6.45) is 1.31. The molecule has 14 heavy (non-hydrogen) atoms. The fourth-order valence-corrected chi connectivity index (χ4v) is 2.20. The van der Waals surface area contributed by atoms with Gasteiger partial charge in [0.1, 0.15) is 11.9 Å². The van der Waals surface area contributed by atoms with Crippen molar-refractivity contribution < 1.29 is 4.74 Å². The van der Waals surface area contributed by atoms with E-state index >= 15 is 0 Å². The molecule has 1 heterocycles. The van der Waals surface area contributed by atoms with Crippen LogP contribution < -0.4 is 10.1 Å². The van der Waals surface area contributed by atoms with Crippen molar-refractivity contribution in [2.24, 2.45) is 0 Å². The lowest BCUT2D eigenvalue weighted by atomic mass is 10.3. The van der Waals surface area contributed by atoms with Gasteiger partial charge in [0, 0.05) is 11.0 Å². The zero-order valence-corrected chi connectivity index (χ0v) is 9.94. The van der Waals surface area contributed by atoms with Crippen molar-refractivity contribution >= 4 is 27.5 Å². The summed E-state index contributed by atoms with van der Waals surface area (Å²) in [5, 5.41) is 3.90. The Morgan fingerprint density at radius 1 is 1.50 bits per heavy atom. The molecule has 0 radical (unpaired) electrons. The van der Waals surface area contributed by atoms with Crippen molar-refractivity contribution in [2.75, 3.05) is 13.1 Å². The summed E-state index contributed by atoms with van der Waals surface area (Å²) in [4.78, 5) is 0. The van der Waals surface area contributed by atoms with E-state index in [1.165, 1.54) is 0 Å². The Morgan fingerprint density at radius 2 is 2.36 bits per heavy atom. The number of rotatable bonds is 2. The summed E-state index contributed by atoms with van der Waals surface area (Å²) in [6.45, 7) is 1.94. The van der Waals surface area contributed by atoms with E-state index in [0.717, 1.165) is 29.7 Å². The molecule has 0 aliphatic carbocycles. The first-order valence-corrected chi connectivity index (χ1v) is 5.75. The maximum Gasteiger partial charge on any atom is 0.138 e. The Labute approximate surface area is 96.7 Å². The monoisotopic (exact) mass is 275 g/mol. The predicted molar refractivity (Wildman–Crippen MR) is 61.1 cm³/mol. The lowest BCUT2D eigenvalue weighted by molar-refractivity contribution is 0.223. The molecule has 1 unspecified atom stereocenters. The van der Waals surface area contributed by atoms with Gasteiger partial charge in [-0.05, 0) is 31.2 Å². The Bertz CT molecular complexity index is 326. The van der Waals surface area contributed by atoms with Crippen LogP contribution in [0.15, 0.2) is 22.7 Å². The molecule has 1 aromatic rings. The van der Waals surface area contributed by atoms with Crippen molar-refractivity contribution in [1.29, 1.82) is 0 Å². The first-order chi connectivity index (χ1) is 6.75. The predicted octanol–water partition coefficient (Wildman–Crippen LogP) is 2.84. The van der Waals surface area contributed by atoms with Crippen LogP contribution in [0.1, 0.15) is 6.42 Å². The SMILES string of the molecule is Clc1cc(Br)ccc1OC1CCNC1. The summed E-state index contributed by atoms with van der Waals surface area (Å²) in [5.74, 6) is 0.767. The van der Waals surface area contributed by atoms with E-state index in [9.17, 15) is 0 Å². The number of ether oxygens (including phenoxy) is 1. The number of hydrogen-bond acceptors (Lipinski definition) is 2. The Kier molecular flexibility index (Phi) is 3.31. The summed E-state index contributed by atoms with van der Waals surface area (Å²) < 4.78 is 6.72. The second-order valence-electron chi connectivity index (χ2n) is 3.31. The van der Waals surface area contributed by atoms with Crippen molar-refractivity contribution in [1.82, 2.24) is 5.32 Å². The van der Waals surface area contributed by atoms with E-state index in [2.05, 4.69) is 21.2 Å². The Balaban J connectivity index is 2.08. The molecule has 1 atom stereocenters. The summed E-state index contributed by atoms with van der Waals surface area (Å²) >= 11 is 9.39. The minimum absolute atomic E-state index is 0.258. The Hall–Kier alpha value is -0.250. The number of benzene rings is 1. The summed E-state index contributed by atoms with van der Waals surface area (Å²) in [7, 11) is 0. The van der Waals surface area contributed by atoms with E-state index in [1.807, 2.05) is 18.2 Å². The lowest BCUT2D eigenvalue weighted by Crippen LogP contribution is -2.19. The van der Waals surface area contributed by atoms with Gasteiger partial charge < -0.3 is 10.1 Å². The topological polar surface area (TPSA) is 21.3 Å². The number of nitrogens with one attached hydrogen (secondary N) is 1. The fraction of sp³-hybridized carbons (Fsp3) is 0.400. The summed E-state index contributed by atoms with van der Waals surface area (Å²) in [6, 6.07) is 5.67. The molecule has 1 fully saturated rings. The molecule has 1 saturated heterocycles. The van der Waals surface area contributed by atoms with Crippen LogP contribution in [-0.4, -0.2) is 19.2 Å². The highest BCUT2D eigenvalue weighted by atomic mass is 79.9. The zero-order valence-electron chi connectivity index (χ0n) is 7.59. The van der Waals surface area contributed by atoms with Crippen molar-refractivity contribution in [3.63, 3.8) is 0 Å². The van der Waals surface area contributed by atoms with Crippen molar-refractivity contribution in [2.45, 2.75) is 12.5 Å². The molecule has 0 amide bonds. The highest BCUT2D eigenvalue weighted by Gasteiger charge is 2.16. The molecule has 0 bridgehead atoms. The van der Waals surface area contributed by atoms with Crippen LogP contribution in [0.25, 0.3) is 0 Å². The average molecular weight is 277 g/mol. The standard InChI is InChI=1S/C10H11BrClNO/c11-7-1-2-10(9(12)5-7)14-8-3-4-13-6-8/h1-2,5,8,13H,3-4,6H2. The van der Waals surface area contributed by atoms with Gasteiger partial charge in [0.25, 0.3) is 0 Å². The second-order valence-corrected chi connectivity index (χ2v) is 4.63. The van der Waals surface area contributed by atoms with Crippen LogP contribution in [0.3, 0.4) is 0 Å². The van der Waals surface area contributed by atoms with Crippen molar-refractivity contribution in [3.05, 3.63) is 27.7 Å². The number of halogens is 2. The quantitative estimate of drug-likeness (QED) is 0.897. The molecule has 2 nitrogen and oxygen atoms in total. The van der Waals surface area contributed by atoms with Crippen LogP contribution in [0.4, 0.5) is 0 Å². The number of hydrogen-bond donors (Lipinski definition) is 1. The van der Waals surface area contributed by atoms with E-state index in [0.29, 0.717) is 5.02 Å². The first-order valence-electron chi connectivity index (χ1n) is 4.58. The van der Waals surface area contributed by atoms with Crippen molar-refractivity contribution in [3.8, 4) is 5.75 Å². The van der Waals surface area contributed by atoms with Gasteiger partial charge in [-0.1, -0.05) is 27.5 Å². The summed E-state index contributed by atoms with van der Waals surface area (Å²) in [5.41, 5.74) is 0. The minimum Gasteiger partial charge on any atom is -0.487 e. The van der Waals surface area contributed by atoms with Gasteiger partial charge in [0.05, 0.1) is 5.02 Å². The lowest BCUT2D eigenvalue weighted by Gasteiger charge is -2.13. The van der Waals surface area contributed by atoms with E-state index in [-0.39, 0.29) is 6.10 Å². The largest absolute Gasteiger partial charge is 0.487 e. The first kappa shape index (κ1) is 10.3. The molecule has 2 rings (SSSR count). The smallest absolute Gasteiger partial charge is 0.138 e. The second kappa shape index (κ2) is 4.51. The molecule has 1 N–H and O–H groups in total. The molecular weight excluding hydrogens is 265 g/mol. The maximum atomic E-state index is 6.03. The fourth-order valence-electron chi connectivity index (χ4n) is 1.48. The van der Waals surface area contributed by atoms with Gasteiger partial charge in [0.15, 0.2) is 0 Å². The molecule has 1 aliphatic rings.